The van der Waals surface area contributed by atoms with E-state index in [1.807, 2.05) is 24.9 Å². The quantitative estimate of drug-likeness (QED) is 0.752. The van der Waals surface area contributed by atoms with Crippen LogP contribution in [-0.2, 0) is 0 Å². The van der Waals surface area contributed by atoms with Crippen molar-refractivity contribution in [2.75, 3.05) is 11.9 Å². The number of nitrogens with zero attached hydrogens (tertiary/aromatic N) is 3. The van der Waals surface area contributed by atoms with Crippen LogP contribution in [0.3, 0.4) is 0 Å². The van der Waals surface area contributed by atoms with Crippen LogP contribution in [0.5, 0.6) is 0 Å². The Kier molecular flexibility index (Phi) is 2.37. The van der Waals surface area contributed by atoms with Crippen molar-refractivity contribution in [3.8, 4) is 0 Å². The van der Waals surface area contributed by atoms with Gasteiger partial charge in [0.25, 0.3) is 0 Å². The van der Waals surface area contributed by atoms with E-state index >= 15 is 0 Å². The number of aryl methyl sites for hydroxylation is 1. The Morgan fingerprint density at radius 2 is 2.21 bits per heavy atom. The Morgan fingerprint density at radius 3 is 2.71 bits per heavy atom. The van der Waals surface area contributed by atoms with Crippen LogP contribution in [0, 0.1) is 6.92 Å². The summed E-state index contributed by atoms with van der Waals surface area (Å²) in [6, 6.07) is 2.16. The van der Waals surface area contributed by atoms with E-state index in [0.29, 0.717) is 0 Å². The van der Waals surface area contributed by atoms with Crippen molar-refractivity contribution in [3.05, 3.63) is 18.1 Å². The summed E-state index contributed by atoms with van der Waals surface area (Å²) in [5, 5.41) is 9.52. The molecule has 0 saturated heterocycles. The fourth-order valence-electron chi connectivity index (χ4n) is 1.72. The van der Waals surface area contributed by atoms with Crippen molar-refractivity contribution in [2.45, 2.75) is 31.9 Å². The van der Waals surface area contributed by atoms with E-state index < -0.39 is 0 Å². The van der Waals surface area contributed by atoms with Gasteiger partial charge in [-0.15, -0.1) is 0 Å². The van der Waals surface area contributed by atoms with E-state index in [1.165, 1.54) is 0 Å². The smallest absolute Gasteiger partial charge is 0.132 e. The molecular formula is C10H15N3O. The van der Waals surface area contributed by atoms with E-state index in [-0.39, 0.29) is 12.1 Å². The molecule has 0 bridgehead atoms. The second-order valence-corrected chi connectivity index (χ2v) is 3.84. The third-order valence-electron chi connectivity index (χ3n) is 2.85. The number of rotatable bonds is 2. The van der Waals surface area contributed by atoms with Gasteiger partial charge in [0.05, 0.1) is 12.1 Å². The largest absolute Gasteiger partial charge is 0.391 e. The van der Waals surface area contributed by atoms with Crippen molar-refractivity contribution < 1.29 is 5.11 Å². The molecule has 1 aliphatic carbocycles. The molecule has 1 aromatic rings. The molecule has 0 aromatic carbocycles. The SMILES string of the molecule is Cc1cc(N(C)C2CCC2O)ncn1. The third-order valence-corrected chi connectivity index (χ3v) is 2.85. The maximum Gasteiger partial charge on any atom is 0.132 e. The van der Waals surface area contributed by atoms with Crippen molar-refractivity contribution >= 4 is 5.82 Å². The first-order valence-corrected chi connectivity index (χ1v) is 4.88. The summed E-state index contributed by atoms with van der Waals surface area (Å²) < 4.78 is 0. The topological polar surface area (TPSA) is 49.2 Å². The van der Waals surface area contributed by atoms with E-state index in [0.717, 1.165) is 24.4 Å². The van der Waals surface area contributed by atoms with Gasteiger partial charge in [-0.25, -0.2) is 9.97 Å². The molecule has 1 aromatic heterocycles. The lowest BCUT2D eigenvalue weighted by Gasteiger charge is -2.40. The van der Waals surface area contributed by atoms with Gasteiger partial charge in [-0.3, -0.25) is 0 Å². The lowest BCUT2D eigenvalue weighted by atomic mass is 9.88. The first-order valence-electron chi connectivity index (χ1n) is 4.88. The third kappa shape index (κ3) is 1.57. The molecule has 1 N–H and O–H groups in total. The van der Waals surface area contributed by atoms with Gasteiger partial charge in [-0.05, 0) is 19.8 Å². The predicted octanol–water partition coefficient (Wildman–Crippen LogP) is 0.745. The zero-order valence-electron chi connectivity index (χ0n) is 8.51. The molecule has 0 radical (unpaired) electrons. The number of aliphatic hydroxyl groups is 1. The van der Waals surface area contributed by atoms with Gasteiger partial charge in [0.2, 0.25) is 0 Å². The number of hydrogen-bond donors (Lipinski definition) is 1. The summed E-state index contributed by atoms with van der Waals surface area (Å²) in [7, 11) is 1.97. The Hall–Kier alpha value is -1.16. The summed E-state index contributed by atoms with van der Waals surface area (Å²) in [6.45, 7) is 1.94. The minimum atomic E-state index is -0.199. The Morgan fingerprint density at radius 1 is 1.43 bits per heavy atom. The number of anilines is 1. The molecule has 2 unspecified atom stereocenters. The maximum absolute atomic E-state index is 9.52. The lowest BCUT2D eigenvalue weighted by Crippen LogP contribution is -2.49. The highest BCUT2D eigenvalue weighted by Crippen LogP contribution is 2.27. The molecule has 1 aliphatic rings. The molecule has 4 nitrogen and oxygen atoms in total. The fraction of sp³-hybridized carbons (Fsp3) is 0.600. The van der Waals surface area contributed by atoms with Crippen LogP contribution in [0.25, 0.3) is 0 Å². The van der Waals surface area contributed by atoms with Gasteiger partial charge in [0.1, 0.15) is 12.1 Å². The number of aliphatic hydroxyl groups excluding tert-OH is 1. The molecule has 0 spiro atoms. The van der Waals surface area contributed by atoms with Gasteiger partial charge in [-0.2, -0.15) is 0 Å². The van der Waals surface area contributed by atoms with Crippen molar-refractivity contribution in [2.24, 2.45) is 0 Å². The van der Waals surface area contributed by atoms with Crippen molar-refractivity contribution in [3.63, 3.8) is 0 Å². The lowest BCUT2D eigenvalue weighted by molar-refractivity contribution is 0.0665. The fourth-order valence-corrected chi connectivity index (χ4v) is 1.72. The van der Waals surface area contributed by atoms with Crippen LogP contribution in [0.1, 0.15) is 18.5 Å². The number of likely N-dealkylation sites (N-methyl/N-ethyl adjacent to an activating group) is 1. The van der Waals surface area contributed by atoms with Crippen LogP contribution >= 0.6 is 0 Å². The molecule has 2 atom stereocenters. The normalized spacial score (nSPS) is 25.6. The molecule has 76 valence electrons. The highest BCUT2D eigenvalue weighted by atomic mass is 16.3. The van der Waals surface area contributed by atoms with Gasteiger partial charge in [-0.1, -0.05) is 0 Å². The average molecular weight is 193 g/mol. The Balaban J connectivity index is 2.14. The monoisotopic (exact) mass is 193 g/mol. The molecular weight excluding hydrogens is 178 g/mol. The van der Waals surface area contributed by atoms with E-state index in [1.54, 1.807) is 6.33 Å². The Labute approximate surface area is 83.6 Å². The van der Waals surface area contributed by atoms with Crippen LogP contribution in [0.2, 0.25) is 0 Å². The minimum absolute atomic E-state index is 0.199. The molecule has 0 amide bonds. The van der Waals surface area contributed by atoms with Crippen LogP contribution in [0.4, 0.5) is 5.82 Å². The summed E-state index contributed by atoms with van der Waals surface area (Å²) in [5.74, 6) is 0.890. The zero-order valence-corrected chi connectivity index (χ0v) is 8.51. The first-order chi connectivity index (χ1) is 6.68. The molecule has 14 heavy (non-hydrogen) atoms. The standard InChI is InChI=1S/C10H15N3O/c1-7-5-10(12-6-11-7)13(2)8-3-4-9(8)14/h5-6,8-9,14H,3-4H2,1-2H3. The predicted molar refractivity (Wildman–Crippen MR) is 54.2 cm³/mol. The number of hydrogen-bond acceptors (Lipinski definition) is 4. The minimum Gasteiger partial charge on any atom is -0.391 e. The highest BCUT2D eigenvalue weighted by Gasteiger charge is 2.32. The molecule has 1 saturated carbocycles. The van der Waals surface area contributed by atoms with Gasteiger partial charge < -0.3 is 10.0 Å². The second kappa shape index (κ2) is 3.53. The van der Waals surface area contributed by atoms with Crippen LogP contribution in [0.15, 0.2) is 12.4 Å². The van der Waals surface area contributed by atoms with Gasteiger partial charge in [0, 0.05) is 18.8 Å². The number of aromatic nitrogens is 2. The van der Waals surface area contributed by atoms with E-state index in [2.05, 4.69) is 9.97 Å². The summed E-state index contributed by atoms with van der Waals surface area (Å²) in [5.41, 5.74) is 0.954. The zero-order chi connectivity index (χ0) is 10.1. The molecule has 0 aliphatic heterocycles. The van der Waals surface area contributed by atoms with Crippen molar-refractivity contribution in [1.82, 2.24) is 9.97 Å². The van der Waals surface area contributed by atoms with Crippen molar-refractivity contribution in [1.29, 1.82) is 0 Å². The van der Waals surface area contributed by atoms with Gasteiger partial charge >= 0.3 is 0 Å². The second-order valence-electron chi connectivity index (χ2n) is 3.84. The van der Waals surface area contributed by atoms with E-state index in [9.17, 15) is 5.11 Å². The molecule has 1 heterocycles. The average Bonchev–Trinajstić information content (AvgIpc) is 2.15. The highest BCUT2D eigenvalue weighted by molar-refractivity contribution is 5.40. The van der Waals surface area contributed by atoms with Gasteiger partial charge in [0.15, 0.2) is 0 Å². The Bertz CT molecular complexity index is 329. The maximum atomic E-state index is 9.52. The summed E-state index contributed by atoms with van der Waals surface area (Å²) in [6.07, 6.45) is 3.31. The molecule has 2 rings (SSSR count). The first kappa shape index (κ1) is 9.40. The van der Waals surface area contributed by atoms with E-state index in [4.69, 9.17) is 0 Å². The summed E-state index contributed by atoms with van der Waals surface area (Å²) >= 11 is 0. The van der Waals surface area contributed by atoms with Crippen LogP contribution < -0.4 is 4.90 Å². The summed E-state index contributed by atoms with van der Waals surface area (Å²) in [4.78, 5) is 10.3. The van der Waals surface area contributed by atoms with Crippen LogP contribution in [-0.4, -0.2) is 34.3 Å². The molecule has 4 heteroatoms. The molecule has 1 fully saturated rings.